The predicted molar refractivity (Wildman–Crippen MR) is 108 cm³/mol. The van der Waals surface area contributed by atoms with E-state index >= 15 is 0 Å². The van der Waals surface area contributed by atoms with Gasteiger partial charge in [-0.05, 0) is 63.1 Å². The molecule has 1 aromatic carbocycles. The maximum atomic E-state index is 5.00. The molecule has 2 aromatic heterocycles. The third kappa shape index (κ3) is 3.51. The van der Waals surface area contributed by atoms with Crippen LogP contribution in [-0.4, -0.2) is 21.2 Å². The summed E-state index contributed by atoms with van der Waals surface area (Å²) in [7, 11) is 0. The Morgan fingerprint density at radius 3 is 2.58 bits per heavy atom. The lowest BCUT2D eigenvalue weighted by molar-refractivity contribution is 0.709. The second-order valence-electron chi connectivity index (χ2n) is 6.78. The molecule has 0 spiro atoms. The summed E-state index contributed by atoms with van der Waals surface area (Å²) in [4.78, 5) is 15.9. The van der Waals surface area contributed by atoms with Crippen LogP contribution in [-0.2, 0) is 12.8 Å². The van der Waals surface area contributed by atoms with Crippen molar-refractivity contribution in [1.29, 1.82) is 0 Å². The highest BCUT2D eigenvalue weighted by atomic mass is 32.2. The van der Waals surface area contributed by atoms with Gasteiger partial charge in [-0.1, -0.05) is 24.6 Å². The molecule has 0 N–H and O–H groups in total. The quantitative estimate of drug-likeness (QED) is 0.456. The number of aryl methyl sites for hydroxylation is 2. The molecule has 2 heterocycles. The highest BCUT2D eigenvalue weighted by Gasteiger charge is 2.19. The molecule has 3 nitrogen and oxygen atoms in total. The number of pyridine rings is 1. The Balaban J connectivity index is 1.91. The predicted octanol–water partition coefficient (Wildman–Crippen LogP) is 5.50. The van der Waals surface area contributed by atoms with Crippen molar-refractivity contribution >= 4 is 11.8 Å². The molecule has 0 aliphatic heterocycles. The fourth-order valence-electron chi connectivity index (χ4n) is 3.56. The van der Waals surface area contributed by atoms with Gasteiger partial charge in [0.25, 0.3) is 0 Å². The number of hydrogen-bond acceptors (Lipinski definition) is 4. The molecule has 26 heavy (non-hydrogen) atoms. The first-order valence-electron chi connectivity index (χ1n) is 9.23. The fraction of sp³-hybridized carbons (Fsp3) is 0.318. The minimum absolute atomic E-state index is 0.749. The fourth-order valence-corrected chi connectivity index (χ4v) is 4.02. The van der Waals surface area contributed by atoms with Gasteiger partial charge < -0.3 is 0 Å². The standard InChI is InChI=1S/C22H23N3S/c1-15-8-6-13-20(23-15)22-24-19-12-5-3-4-11-18(19)21(25-22)16-9-7-10-17(14-16)26-2/h6-10,13-14H,3-5,11-12H2,1-2H3. The third-order valence-electron chi connectivity index (χ3n) is 4.89. The van der Waals surface area contributed by atoms with Crippen LogP contribution in [0.15, 0.2) is 47.4 Å². The molecule has 4 heteroatoms. The van der Waals surface area contributed by atoms with Crippen molar-refractivity contribution in [2.75, 3.05) is 6.26 Å². The van der Waals surface area contributed by atoms with Crippen molar-refractivity contribution in [2.24, 2.45) is 0 Å². The summed E-state index contributed by atoms with van der Waals surface area (Å²) >= 11 is 1.77. The lowest BCUT2D eigenvalue weighted by Crippen LogP contribution is -2.05. The van der Waals surface area contributed by atoms with E-state index in [4.69, 9.17) is 9.97 Å². The molecule has 0 fully saturated rings. The third-order valence-corrected chi connectivity index (χ3v) is 5.62. The lowest BCUT2D eigenvalue weighted by Gasteiger charge is -2.14. The van der Waals surface area contributed by atoms with Crippen LogP contribution in [0.4, 0.5) is 0 Å². The van der Waals surface area contributed by atoms with Crippen LogP contribution in [0.1, 0.15) is 36.2 Å². The molecule has 0 saturated carbocycles. The van der Waals surface area contributed by atoms with E-state index in [1.54, 1.807) is 11.8 Å². The second kappa shape index (κ2) is 7.58. The van der Waals surface area contributed by atoms with E-state index in [1.165, 1.54) is 41.0 Å². The Hall–Kier alpha value is -2.20. The van der Waals surface area contributed by atoms with Crippen LogP contribution in [0.3, 0.4) is 0 Å². The highest BCUT2D eigenvalue weighted by Crippen LogP contribution is 2.32. The largest absolute Gasteiger partial charge is 0.250 e. The molecule has 0 atom stereocenters. The molecule has 3 aromatic rings. The maximum Gasteiger partial charge on any atom is 0.178 e. The van der Waals surface area contributed by atoms with Crippen LogP contribution < -0.4 is 0 Å². The van der Waals surface area contributed by atoms with Crippen molar-refractivity contribution in [1.82, 2.24) is 15.0 Å². The molecule has 132 valence electrons. The average molecular weight is 362 g/mol. The van der Waals surface area contributed by atoms with Crippen molar-refractivity contribution in [3.63, 3.8) is 0 Å². The van der Waals surface area contributed by atoms with Crippen molar-refractivity contribution in [3.8, 4) is 22.8 Å². The van der Waals surface area contributed by atoms with E-state index in [9.17, 15) is 0 Å². The molecule has 0 radical (unpaired) electrons. The van der Waals surface area contributed by atoms with E-state index < -0.39 is 0 Å². The summed E-state index contributed by atoms with van der Waals surface area (Å²) in [6, 6.07) is 14.7. The maximum absolute atomic E-state index is 5.00. The van der Waals surface area contributed by atoms with E-state index in [2.05, 4.69) is 35.5 Å². The van der Waals surface area contributed by atoms with Gasteiger partial charge >= 0.3 is 0 Å². The molecule has 0 bridgehead atoms. The van der Waals surface area contributed by atoms with E-state index in [0.717, 1.165) is 35.7 Å². The minimum Gasteiger partial charge on any atom is -0.250 e. The molecule has 1 aliphatic carbocycles. The van der Waals surface area contributed by atoms with E-state index in [1.807, 2.05) is 25.1 Å². The first kappa shape index (κ1) is 17.2. The first-order valence-corrected chi connectivity index (χ1v) is 10.5. The summed E-state index contributed by atoms with van der Waals surface area (Å²) in [6.07, 6.45) is 7.89. The van der Waals surface area contributed by atoms with Gasteiger partial charge in [0, 0.05) is 27.4 Å². The van der Waals surface area contributed by atoms with Crippen molar-refractivity contribution in [3.05, 3.63) is 59.4 Å². The summed E-state index contributed by atoms with van der Waals surface area (Å²) in [6.45, 7) is 2.01. The number of hydrogen-bond donors (Lipinski definition) is 0. The molecule has 0 unspecified atom stereocenters. The van der Waals surface area contributed by atoms with E-state index in [-0.39, 0.29) is 0 Å². The van der Waals surface area contributed by atoms with Gasteiger partial charge in [-0.2, -0.15) is 0 Å². The topological polar surface area (TPSA) is 38.7 Å². The number of nitrogens with zero attached hydrogens (tertiary/aromatic N) is 3. The Morgan fingerprint density at radius 2 is 1.73 bits per heavy atom. The normalized spacial score (nSPS) is 13.9. The van der Waals surface area contributed by atoms with Gasteiger partial charge in [0.15, 0.2) is 5.82 Å². The first-order chi connectivity index (χ1) is 12.7. The van der Waals surface area contributed by atoms with Crippen LogP contribution in [0.5, 0.6) is 0 Å². The monoisotopic (exact) mass is 361 g/mol. The van der Waals surface area contributed by atoms with Gasteiger partial charge in [-0.3, -0.25) is 0 Å². The summed E-state index contributed by atoms with van der Waals surface area (Å²) in [5.41, 5.74) is 6.67. The lowest BCUT2D eigenvalue weighted by atomic mass is 10.0. The van der Waals surface area contributed by atoms with Gasteiger partial charge in [-0.25, -0.2) is 15.0 Å². The van der Waals surface area contributed by atoms with Crippen molar-refractivity contribution in [2.45, 2.75) is 43.9 Å². The number of benzene rings is 1. The molecular formula is C22H23N3S. The Bertz CT molecular complexity index is 936. The van der Waals surface area contributed by atoms with Gasteiger partial charge in [0.2, 0.25) is 0 Å². The molecule has 0 amide bonds. The SMILES string of the molecule is CSc1cccc(-c2nc(-c3cccc(C)n3)nc3c2CCCCC3)c1. The second-order valence-corrected chi connectivity index (χ2v) is 7.66. The number of thioether (sulfide) groups is 1. The zero-order chi connectivity index (χ0) is 17.9. The van der Waals surface area contributed by atoms with Gasteiger partial charge in [0.1, 0.15) is 5.69 Å². The zero-order valence-corrected chi connectivity index (χ0v) is 16.1. The molecular weight excluding hydrogens is 338 g/mol. The van der Waals surface area contributed by atoms with Crippen LogP contribution >= 0.6 is 11.8 Å². The van der Waals surface area contributed by atoms with Crippen LogP contribution in [0.25, 0.3) is 22.8 Å². The van der Waals surface area contributed by atoms with Gasteiger partial charge in [0.05, 0.1) is 5.69 Å². The number of aromatic nitrogens is 3. The smallest absolute Gasteiger partial charge is 0.178 e. The van der Waals surface area contributed by atoms with Crippen LogP contribution in [0, 0.1) is 6.92 Å². The molecule has 1 aliphatic rings. The van der Waals surface area contributed by atoms with Gasteiger partial charge in [-0.15, -0.1) is 11.8 Å². The minimum atomic E-state index is 0.749. The highest BCUT2D eigenvalue weighted by molar-refractivity contribution is 7.98. The number of fused-ring (bicyclic) bond motifs is 1. The number of rotatable bonds is 3. The van der Waals surface area contributed by atoms with E-state index in [0.29, 0.717) is 0 Å². The molecule has 4 rings (SSSR count). The Labute approximate surface area is 159 Å². The molecule has 0 saturated heterocycles. The summed E-state index contributed by atoms with van der Waals surface area (Å²) in [5, 5.41) is 0. The average Bonchev–Trinajstić information content (AvgIpc) is 2.92. The van der Waals surface area contributed by atoms with Crippen molar-refractivity contribution < 1.29 is 0 Å². The Morgan fingerprint density at radius 1 is 0.885 bits per heavy atom. The zero-order valence-electron chi connectivity index (χ0n) is 15.3. The summed E-state index contributed by atoms with van der Waals surface area (Å²) in [5.74, 6) is 0.749. The Kier molecular flexibility index (Phi) is 5.02. The van der Waals surface area contributed by atoms with Crippen LogP contribution in [0.2, 0.25) is 0 Å². The summed E-state index contributed by atoms with van der Waals surface area (Å²) < 4.78 is 0.